The molecule has 152 valence electrons. The van der Waals surface area contributed by atoms with E-state index in [-0.39, 0.29) is 17.8 Å². The summed E-state index contributed by atoms with van der Waals surface area (Å²) in [5, 5.41) is 6.88. The molecule has 2 aliphatic heterocycles. The molecule has 2 aromatic carbocycles. The Morgan fingerprint density at radius 2 is 1.93 bits per heavy atom. The summed E-state index contributed by atoms with van der Waals surface area (Å²) in [5.41, 5.74) is 2.48. The van der Waals surface area contributed by atoms with E-state index in [9.17, 15) is 9.18 Å². The lowest BCUT2D eigenvalue weighted by molar-refractivity contribution is -0.135. The molecule has 0 N–H and O–H groups in total. The summed E-state index contributed by atoms with van der Waals surface area (Å²) in [6.07, 6.45) is 4.00. The minimum Gasteiger partial charge on any atom is -0.292 e. The van der Waals surface area contributed by atoms with Crippen LogP contribution in [0.2, 0.25) is 5.02 Å². The fraction of sp³-hybridized carbons (Fsp3) is 0.391. The minimum atomic E-state index is -0.290. The van der Waals surface area contributed by atoms with Crippen LogP contribution in [-0.4, -0.2) is 40.7 Å². The third kappa shape index (κ3) is 4.36. The second-order valence-corrected chi connectivity index (χ2v) is 8.26. The Kier molecular flexibility index (Phi) is 5.97. The Morgan fingerprint density at radius 1 is 1.17 bits per heavy atom. The number of nitrogens with zero attached hydrogens (tertiary/aromatic N) is 3. The number of likely N-dealkylation sites (tertiary alicyclic amines) is 1. The molecule has 2 heterocycles. The zero-order valence-corrected chi connectivity index (χ0v) is 17.3. The average Bonchev–Trinajstić information content (AvgIpc) is 3.16. The van der Waals surface area contributed by atoms with E-state index in [1.54, 1.807) is 17.1 Å². The topological polar surface area (TPSA) is 35.9 Å². The largest absolute Gasteiger partial charge is 0.292 e. The van der Waals surface area contributed by atoms with Crippen molar-refractivity contribution in [2.75, 3.05) is 13.1 Å². The summed E-state index contributed by atoms with van der Waals surface area (Å²) in [6.45, 7) is 3.46. The maximum absolute atomic E-state index is 13.3. The number of rotatable bonds is 4. The molecule has 0 aromatic heterocycles. The van der Waals surface area contributed by atoms with Gasteiger partial charge in [0, 0.05) is 17.5 Å². The van der Waals surface area contributed by atoms with Gasteiger partial charge in [-0.25, -0.2) is 9.40 Å². The van der Waals surface area contributed by atoms with E-state index in [2.05, 4.69) is 16.9 Å². The van der Waals surface area contributed by atoms with Crippen LogP contribution in [0.5, 0.6) is 0 Å². The highest BCUT2D eigenvalue weighted by atomic mass is 35.5. The molecule has 2 atom stereocenters. The highest BCUT2D eigenvalue weighted by Crippen LogP contribution is 2.36. The Bertz CT molecular complexity index is 915. The Morgan fingerprint density at radius 3 is 2.66 bits per heavy atom. The number of carbonyl (C=O) groups excluding carboxylic acids is 1. The lowest BCUT2D eigenvalue weighted by Crippen LogP contribution is -2.44. The van der Waals surface area contributed by atoms with Crippen LogP contribution < -0.4 is 0 Å². The SMILES string of the molecule is C[C@H]1CCCCN1CC(=O)N1N=C(c2ccc(F)cc2)C[C@@H]1c1ccccc1Cl. The number of piperidine rings is 1. The van der Waals surface area contributed by atoms with Crippen molar-refractivity contribution in [3.05, 3.63) is 70.5 Å². The second kappa shape index (κ2) is 8.64. The molecule has 0 spiro atoms. The molecule has 1 amide bonds. The average molecular weight is 414 g/mol. The molecule has 4 rings (SSSR count). The number of benzene rings is 2. The predicted molar refractivity (Wildman–Crippen MR) is 113 cm³/mol. The summed E-state index contributed by atoms with van der Waals surface area (Å²) in [5.74, 6) is -0.317. The smallest absolute Gasteiger partial charge is 0.257 e. The highest BCUT2D eigenvalue weighted by Gasteiger charge is 2.35. The van der Waals surface area contributed by atoms with Crippen LogP contribution in [0.15, 0.2) is 53.6 Å². The van der Waals surface area contributed by atoms with E-state index in [4.69, 9.17) is 11.6 Å². The minimum absolute atomic E-state index is 0.0271. The van der Waals surface area contributed by atoms with Crippen molar-refractivity contribution in [1.82, 2.24) is 9.91 Å². The van der Waals surface area contributed by atoms with Crippen molar-refractivity contribution < 1.29 is 9.18 Å². The van der Waals surface area contributed by atoms with E-state index in [1.807, 2.05) is 24.3 Å². The number of hydrazone groups is 1. The standard InChI is InChI=1S/C23H25ClFN3O/c1-16-6-4-5-13-27(16)15-23(29)28-22(19-7-2-3-8-20(19)24)14-21(26-28)17-9-11-18(25)12-10-17/h2-3,7-12,16,22H,4-6,13-15H2,1H3/t16-,22+/m0/s1. The van der Waals surface area contributed by atoms with Gasteiger partial charge in [-0.15, -0.1) is 0 Å². The summed E-state index contributed by atoms with van der Waals surface area (Å²) in [7, 11) is 0. The number of halogens is 2. The van der Waals surface area contributed by atoms with Gasteiger partial charge < -0.3 is 0 Å². The van der Waals surface area contributed by atoms with Crippen LogP contribution in [0.1, 0.15) is 49.8 Å². The lowest BCUT2D eigenvalue weighted by Gasteiger charge is -2.34. The van der Waals surface area contributed by atoms with Crippen molar-refractivity contribution in [3.8, 4) is 0 Å². The van der Waals surface area contributed by atoms with Gasteiger partial charge in [-0.05, 0) is 55.6 Å². The molecule has 0 radical (unpaired) electrons. The van der Waals surface area contributed by atoms with Crippen LogP contribution in [-0.2, 0) is 4.79 Å². The monoisotopic (exact) mass is 413 g/mol. The first-order valence-electron chi connectivity index (χ1n) is 10.2. The molecule has 6 heteroatoms. The van der Waals surface area contributed by atoms with E-state index in [1.165, 1.54) is 18.6 Å². The molecule has 2 aromatic rings. The molecule has 0 saturated carbocycles. The number of amides is 1. The first kappa shape index (κ1) is 20.0. The van der Waals surface area contributed by atoms with Crippen molar-refractivity contribution in [1.29, 1.82) is 0 Å². The highest BCUT2D eigenvalue weighted by molar-refractivity contribution is 6.31. The van der Waals surface area contributed by atoms with E-state index >= 15 is 0 Å². The van der Waals surface area contributed by atoms with Crippen LogP contribution in [0, 0.1) is 5.82 Å². The van der Waals surface area contributed by atoms with Crippen LogP contribution in [0.3, 0.4) is 0 Å². The van der Waals surface area contributed by atoms with Gasteiger partial charge in [0.05, 0.1) is 18.3 Å². The van der Waals surface area contributed by atoms with Gasteiger partial charge in [-0.2, -0.15) is 5.10 Å². The second-order valence-electron chi connectivity index (χ2n) is 7.85. The van der Waals surface area contributed by atoms with Crippen LogP contribution in [0.25, 0.3) is 0 Å². The van der Waals surface area contributed by atoms with Crippen molar-refractivity contribution >= 4 is 23.2 Å². The molecule has 1 fully saturated rings. The molecule has 4 nitrogen and oxygen atoms in total. The van der Waals surface area contributed by atoms with Crippen molar-refractivity contribution in [2.45, 2.75) is 44.7 Å². The molecule has 29 heavy (non-hydrogen) atoms. The molecular weight excluding hydrogens is 389 g/mol. The van der Waals surface area contributed by atoms with Gasteiger partial charge in [-0.3, -0.25) is 9.69 Å². The molecule has 0 bridgehead atoms. The molecule has 0 aliphatic carbocycles. The fourth-order valence-corrected chi connectivity index (χ4v) is 4.45. The summed E-state index contributed by atoms with van der Waals surface area (Å²) < 4.78 is 13.3. The van der Waals surface area contributed by atoms with Gasteiger partial charge in [0.15, 0.2) is 0 Å². The summed E-state index contributed by atoms with van der Waals surface area (Å²) >= 11 is 6.45. The third-order valence-electron chi connectivity index (χ3n) is 5.89. The number of hydrogen-bond acceptors (Lipinski definition) is 3. The number of hydrogen-bond donors (Lipinski definition) is 0. The van der Waals surface area contributed by atoms with Gasteiger partial charge >= 0.3 is 0 Å². The Hall–Kier alpha value is -2.24. The first-order valence-corrected chi connectivity index (χ1v) is 10.5. The maximum atomic E-state index is 13.3. The van der Waals surface area contributed by atoms with Crippen molar-refractivity contribution in [3.63, 3.8) is 0 Å². The van der Waals surface area contributed by atoms with Gasteiger partial charge in [0.2, 0.25) is 0 Å². The van der Waals surface area contributed by atoms with Gasteiger partial charge in [0.1, 0.15) is 5.82 Å². The maximum Gasteiger partial charge on any atom is 0.257 e. The van der Waals surface area contributed by atoms with Crippen LogP contribution in [0.4, 0.5) is 4.39 Å². The van der Waals surface area contributed by atoms with Gasteiger partial charge in [-0.1, -0.05) is 48.4 Å². The Balaban J connectivity index is 1.62. The molecular formula is C23H25ClFN3O. The lowest BCUT2D eigenvalue weighted by atomic mass is 9.98. The summed E-state index contributed by atoms with van der Waals surface area (Å²) in [6, 6.07) is 14.0. The Labute approximate surface area is 176 Å². The fourth-order valence-electron chi connectivity index (χ4n) is 4.18. The summed E-state index contributed by atoms with van der Waals surface area (Å²) in [4.78, 5) is 15.5. The predicted octanol–water partition coefficient (Wildman–Crippen LogP) is 5.03. The first-order chi connectivity index (χ1) is 14.0. The molecule has 1 saturated heterocycles. The third-order valence-corrected chi connectivity index (χ3v) is 6.23. The normalized spacial score (nSPS) is 22.6. The van der Waals surface area contributed by atoms with Crippen molar-refractivity contribution in [2.24, 2.45) is 5.10 Å². The number of carbonyl (C=O) groups is 1. The molecule has 2 aliphatic rings. The van der Waals surface area contributed by atoms with Crippen LogP contribution >= 0.6 is 11.6 Å². The zero-order valence-electron chi connectivity index (χ0n) is 16.5. The van der Waals surface area contributed by atoms with E-state index in [0.717, 1.165) is 36.2 Å². The van der Waals surface area contributed by atoms with E-state index < -0.39 is 0 Å². The van der Waals surface area contributed by atoms with E-state index in [0.29, 0.717) is 24.0 Å². The van der Waals surface area contributed by atoms with Gasteiger partial charge in [0.25, 0.3) is 5.91 Å². The quantitative estimate of drug-likeness (QED) is 0.704. The molecule has 0 unspecified atom stereocenters. The zero-order chi connectivity index (χ0) is 20.4.